The first-order valence-corrected chi connectivity index (χ1v) is 6.30. The average Bonchev–Trinajstić information content (AvgIpc) is 2.66. The number of benzene rings is 1. The summed E-state index contributed by atoms with van der Waals surface area (Å²) in [5.74, 6) is 0. The molecule has 1 heterocycles. The molecule has 3 heteroatoms. The van der Waals surface area contributed by atoms with Crippen LogP contribution in [0.5, 0.6) is 0 Å². The third-order valence-electron chi connectivity index (χ3n) is 3.24. The molecule has 17 heavy (non-hydrogen) atoms. The molecule has 1 aliphatic heterocycles. The van der Waals surface area contributed by atoms with Crippen molar-refractivity contribution in [1.82, 2.24) is 4.90 Å². The Hall–Kier alpha value is -1.35. The van der Waals surface area contributed by atoms with E-state index >= 15 is 0 Å². The molecule has 1 unspecified atom stereocenters. The molecule has 0 bridgehead atoms. The number of ether oxygens (including phenoxy) is 1. The highest BCUT2D eigenvalue weighted by Crippen LogP contribution is 2.24. The zero-order valence-electron chi connectivity index (χ0n) is 10.0. The van der Waals surface area contributed by atoms with Crippen LogP contribution in [0.2, 0.25) is 0 Å². The standard InChI is InChI=1S/C14H19NO2/c16-12-17-14(13-8-4-3-5-9-13)15-10-6-1-2-7-11-15/h3-5,8-9,12,14H,1-2,6-7,10-11H2. The minimum absolute atomic E-state index is 0.216. The van der Waals surface area contributed by atoms with Crippen LogP contribution in [-0.4, -0.2) is 24.5 Å². The van der Waals surface area contributed by atoms with Gasteiger partial charge in [0.15, 0.2) is 6.23 Å². The van der Waals surface area contributed by atoms with E-state index in [0.717, 1.165) is 18.7 Å². The van der Waals surface area contributed by atoms with E-state index < -0.39 is 0 Å². The Morgan fingerprint density at radius 2 is 1.71 bits per heavy atom. The summed E-state index contributed by atoms with van der Waals surface area (Å²) in [6, 6.07) is 9.96. The van der Waals surface area contributed by atoms with Gasteiger partial charge >= 0.3 is 0 Å². The fourth-order valence-corrected chi connectivity index (χ4v) is 2.38. The molecular formula is C14H19NO2. The first-order chi connectivity index (χ1) is 8.42. The molecule has 0 N–H and O–H groups in total. The highest BCUT2D eigenvalue weighted by molar-refractivity contribution is 5.38. The predicted octanol–water partition coefficient (Wildman–Crippen LogP) is 2.73. The molecule has 1 aromatic rings. The average molecular weight is 233 g/mol. The Labute approximate surface area is 102 Å². The summed E-state index contributed by atoms with van der Waals surface area (Å²) in [7, 11) is 0. The van der Waals surface area contributed by atoms with Crippen molar-refractivity contribution in [3.63, 3.8) is 0 Å². The number of hydrogen-bond donors (Lipinski definition) is 0. The van der Waals surface area contributed by atoms with Crippen molar-refractivity contribution in [2.75, 3.05) is 13.1 Å². The van der Waals surface area contributed by atoms with E-state index in [1.807, 2.05) is 30.3 Å². The zero-order valence-corrected chi connectivity index (χ0v) is 10.0. The SMILES string of the molecule is O=COC(c1ccccc1)N1CCCCCC1. The van der Waals surface area contributed by atoms with E-state index in [0.29, 0.717) is 6.47 Å². The fraction of sp³-hybridized carbons (Fsp3) is 0.500. The van der Waals surface area contributed by atoms with Gasteiger partial charge in [-0.15, -0.1) is 0 Å². The van der Waals surface area contributed by atoms with Gasteiger partial charge in [0.2, 0.25) is 0 Å². The van der Waals surface area contributed by atoms with Crippen molar-refractivity contribution in [3.8, 4) is 0 Å². The van der Waals surface area contributed by atoms with Crippen LogP contribution in [0, 0.1) is 0 Å². The second-order valence-corrected chi connectivity index (χ2v) is 4.45. The summed E-state index contributed by atoms with van der Waals surface area (Å²) < 4.78 is 5.27. The van der Waals surface area contributed by atoms with Gasteiger partial charge in [-0.05, 0) is 12.8 Å². The molecule has 0 saturated carbocycles. The van der Waals surface area contributed by atoms with Crippen LogP contribution in [0.15, 0.2) is 30.3 Å². The molecule has 1 saturated heterocycles. The van der Waals surface area contributed by atoms with Gasteiger partial charge in [0.25, 0.3) is 6.47 Å². The molecule has 0 aromatic heterocycles. The minimum atomic E-state index is -0.216. The highest BCUT2D eigenvalue weighted by Gasteiger charge is 2.22. The van der Waals surface area contributed by atoms with E-state index in [4.69, 9.17) is 4.74 Å². The Kier molecular flexibility index (Phi) is 4.56. The molecule has 2 rings (SSSR count). The maximum Gasteiger partial charge on any atom is 0.294 e. The molecule has 0 aliphatic carbocycles. The number of rotatable bonds is 4. The van der Waals surface area contributed by atoms with Gasteiger partial charge < -0.3 is 4.74 Å². The van der Waals surface area contributed by atoms with Crippen molar-refractivity contribution in [2.45, 2.75) is 31.9 Å². The van der Waals surface area contributed by atoms with E-state index in [9.17, 15) is 4.79 Å². The molecular weight excluding hydrogens is 214 g/mol. The van der Waals surface area contributed by atoms with Crippen LogP contribution in [0.25, 0.3) is 0 Å². The quantitative estimate of drug-likeness (QED) is 0.749. The number of carbonyl (C=O) groups excluding carboxylic acids is 1. The van der Waals surface area contributed by atoms with E-state index in [1.165, 1.54) is 25.7 Å². The lowest BCUT2D eigenvalue weighted by Crippen LogP contribution is -2.31. The second-order valence-electron chi connectivity index (χ2n) is 4.45. The summed E-state index contributed by atoms with van der Waals surface area (Å²) in [4.78, 5) is 12.9. The number of hydrogen-bond acceptors (Lipinski definition) is 3. The zero-order chi connectivity index (χ0) is 11.9. The van der Waals surface area contributed by atoms with Gasteiger partial charge in [-0.3, -0.25) is 9.69 Å². The van der Waals surface area contributed by atoms with Crippen LogP contribution >= 0.6 is 0 Å². The summed E-state index contributed by atoms with van der Waals surface area (Å²) in [6.45, 7) is 2.57. The molecule has 92 valence electrons. The lowest BCUT2D eigenvalue weighted by atomic mass is 10.1. The topological polar surface area (TPSA) is 29.5 Å². The Balaban J connectivity index is 2.12. The summed E-state index contributed by atoms with van der Waals surface area (Å²) in [5.41, 5.74) is 1.06. The molecule has 0 spiro atoms. The van der Waals surface area contributed by atoms with Gasteiger partial charge in [0.1, 0.15) is 0 Å². The van der Waals surface area contributed by atoms with Crippen LogP contribution in [-0.2, 0) is 9.53 Å². The first kappa shape index (κ1) is 12.1. The van der Waals surface area contributed by atoms with Crippen LogP contribution in [0.3, 0.4) is 0 Å². The maximum atomic E-state index is 10.7. The molecule has 1 aromatic carbocycles. The van der Waals surface area contributed by atoms with Gasteiger partial charge in [0, 0.05) is 18.7 Å². The minimum Gasteiger partial charge on any atom is -0.444 e. The van der Waals surface area contributed by atoms with Crippen LogP contribution in [0.1, 0.15) is 37.5 Å². The molecule has 3 nitrogen and oxygen atoms in total. The number of nitrogens with zero attached hydrogens (tertiary/aromatic N) is 1. The largest absolute Gasteiger partial charge is 0.444 e. The molecule has 0 radical (unpaired) electrons. The summed E-state index contributed by atoms with van der Waals surface area (Å²) in [5, 5.41) is 0. The lowest BCUT2D eigenvalue weighted by Gasteiger charge is -2.28. The van der Waals surface area contributed by atoms with E-state index in [1.54, 1.807) is 0 Å². The van der Waals surface area contributed by atoms with E-state index in [2.05, 4.69) is 4.90 Å². The Morgan fingerprint density at radius 1 is 1.06 bits per heavy atom. The Bertz CT molecular complexity index is 331. The summed E-state index contributed by atoms with van der Waals surface area (Å²) >= 11 is 0. The molecule has 1 fully saturated rings. The molecule has 0 amide bonds. The molecule has 1 aliphatic rings. The van der Waals surface area contributed by atoms with Crippen molar-refractivity contribution >= 4 is 6.47 Å². The van der Waals surface area contributed by atoms with Gasteiger partial charge in [-0.1, -0.05) is 43.2 Å². The predicted molar refractivity (Wildman–Crippen MR) is 66.4 cm³/mol. The third kappa shape index (κ3) is 3.30. The number of carbonyl (C=O) groups is 1. The lowest BCUT2D eigenvalue weighted by molar-refractivity contribution is -0.144. The smallest absolute Gasteiger partial charge is 0.294 e. The van der Waals surface area contributed by atoms with Crippen LogP contribution in [0.4, 0.5) is 0 Å². The highest BCUT2D eigenvalue weighted by atomic mass is 16.5. The first-order valence-electron chi connectivity index (χ1n) is 6.30. The van der Waals surface area contributed by atoms with Gasteiger partial charge in [-0.25, -0.2) is 0 Å². The maximum absolute atomic E-state index is 10.7. The Morgan fingerprint density at radius 3 is 2.29 bits per heavy atom. The van der Waals surface area contributed by atoms with E-state index in [-0.39, 0.29) is 6.23 Å². The second kappa shape index (κ2) is 6.40. The normalized spacial score (nSPS) is 19.3. The van der Waals surface area contributed by atoms with Crippen molar-refractivity contribution in [3.05, 3.63) is 35.9 Å². The van der Waals surface area contributed by atoms with Crippen molar-refractivity contribution in [2.24, 2.45) is 0 Å². The van der Waals surface area contributed by atoms with Crippen LogP contribution < -0.4 is 0 Å². The molecule has 1 atom stereocenters. The monoisotopic (exact) mass is 233 g/mol. The number of likely N-dealkylation sites (tertiary alicyclic amines) is 1. The van der Waals surface area contributed by atoms with Crippen molar-refractivity contribution in [1.29, 1.82) is 0 Å². The van der Waals surface area contributed by atoms with Crippen molar-refractivity contribution < 1.29 is 9.53 Å². The van der Waals surface area contributed by atoms with Gasteiger partial charge in [-0.2, -0.15) is 0 Å². The summed E-state index contributed by atoms with van der Waals surface area (Å²) in [6.07, 6.45) is 4.71. The van der Waals surface area contributed by atoms with Gasteiger partial charge in [0.05, 0.1) is 0 Å². The fourth-order valence-electron chi connectivity index (χ4n) is 2.38. The third-order valence-corrected chi connectivity index (χ3v) is 3.24.